The number of hydrogen-bond acceptors (Lipinski definition) is 4. The molecule has 0 amide bonds. The lowest BCUT2D eigenvalue weighted by molar-refractivity contribution is 0.258. The lowest BCUT2D eigenvalue weighted by Crippen LogP contribution is -2.46. The molecule has 116 valence electrons. The number of piperazine rings is 1. The molecule has 0 unspecified atom stereocenters. The van der Waals surface area contributed by atoms with Gasteiger partial charge in [-0.15, -0.1) is 0 Å². The zero-order valence-electron chi connectivity index (χ0n) is 12.8. The molecule has 0 aromatic carbocycles. The summed E-state index contributed by atoms with van der Waals surface area (Å²) >= 11 is 6.45. The number of anilines is 1. The van der Waals surface area contributed by atoms with E-state index in [2.05, 4.69) is 33.1 Å². The monoisotopic (exact) mass is 308 g/mol. The molecule has 1 saturated heterocycles. The van der Waals surface area contributed by atoms with Crippen molar-refractivity contribution in [3.63, 3.8) is 0 Å². The SMILES string of the molecule is CCCN1CCN(c2ncc(CNC3CC3)cc2Cl)CC1. The number of nitrogens with one attached hydrogen (secondary N) is 1. The Balaban J connectivity index is 1.57. The van der Waals surface area contributed by atoms with Crippen molar-refractivity contribution in [2.24, 2.45) is 0 Å². The van der Waals surface area contributed by atoms with Crippen LogP contribution < -0.4 is 10.2 Å². The molecule has 1 N–H and O–H groups in total. The van der Waals surface area contributed by atoms with Crippen LogP contribution in [0.25, 0.3) is 0 Å². The topological polar surface area (TPSA) is 31.4 Å². The van der Waals surface area contributed by atoms with Crippen LogP contribution in [0.4, 0.5) is 5.82 Å². The molecule has 0 atom stereocenters. The number of nitrogens with zero attached hydrogens (tertiary/aromatic N) is 3. The van der Waals surface area contributed by atoms with E-state index >= 15 is 0 Å². The average molecular weight is 309 g/mol. The van der Waals surface area contributed by atoms with E-state index in [9.17, 15) is 0 Å². The van der Waals surface area contributed by atoms with Gasteiger partial charge in [-0.3, -0.25) is 4.90 Å². The Morgan fingerprint density at radius 1 is 1.29 bits per heavy atom. The summed E-state index contributed by atoms with van der Waals surface area (Å²) in [6.07, 6.45) is 5.80. The van der Waals surface area contributed by atoms with E-state index in [1.54, 1.807) is 0 Å². The van der Waals surface area contributed by atoms with Crippen molar-refractivity contribution < 1.29 is 0 Å². The first-order chi connectivity index (χ1) is 10.3. The van der Waals surface area contributed by atoms with E-state index in [-0.39, 0.29) is 0 Å². The highest BCUT2D eigenvalue weighted by Crippen LogP contribution is 2.26. The smallest absolute Gasteiger partial charge is 0.147 e. The summed E-state index contributed by atoms with van der Waals surface area (Å²) < 4.78 is 0. The molecule has 4 nitrogen and oxygen atoms in total. The maximum Gasteiger partial charge on any atom is 0.147 e. The van der Waals surface area contributed by atoms with E-state index in [0.29, 0.717) is 0 Å². The zero-order valence-corrected chi connectivity index (χ0v) is 13.6. The van der Waals surface area contributed by atoms with Crippen LogP contribution in [0, 0.1) is 0 Å². The van der Waals surface area contributed by atoms with Crippen LogP contribution in [0.2, 0.25) is 5.02 Å². The number of aromatic nitrogens is 1. The molecule has 1 aliphatic heterocycles. The normalized spacial score (nSPS) is 20.0. The molecule has 21 heavy (non-hydrogen) atoms. The molecular formula is C16H25ClN4. The van der Waals surface area contributed by atoms with Crippen LogP contribution in [-0.4, -0.2) is 48.6 Å². The van der Waals surface area contributed by atoms with Crippen LogP contribution >= 0.6 is 11.6 Å². The van der Waals surface area contributed by atoms with Crippen molar-refractivity contribution in [1.82, 2.24) is 15.2 Å². The molecule has 0 bridgehead atoms. The van der Waals surface area contributed by atoms with Gasteiger partial charge < -0.3 is 10.2 Å². The van der Waals surface area contributed by atoms with Crippen molar-refractivity contribution in [3.05, 3.63) is 22.8 Å². The lowest BCUT2D eigenvalue weighted by Gasteiger charge is -2.35. The summed E-state index contributed by atoms with van der Waals surface area (Å²) in [7, 11) is 0. The zero-order chi connectivity index (χ0) is 14.7. The Labute approximate surface area is 132 Å². The largest absolute Gasteiger partial charge is 0.353 e. The summed E-state index contributed by atoms with van der Waals surface area (Å²) in [5.74, 6) is 0.947. The van der Waals surface area contributed by atoms with E-state index in [0.717, 1.165) is 49.6 Å². The molecule has 0 radical (unpaired) electrons. The Morgan fingerprint density at radius 3 is 2.67 bits per heavy atom. The lowest BCUT2D eigenvalue weighted by atomic mass is 10.2. The van der Waals surface area contributed by atoms with Crippen molar-refractivity contribution in [3.8, 4) is 0 Å². The molecule has 2 fully saturated rings. The van der Waals surface area contributed by atoms with Crippen LogP contribution in [0.15, 0.2) is 12.3 Å². The van der Waals surface area contributed by atoms with Gasteiger partial charge in [0, 0.05) is 45.0 Å². The minimum absolute atomic E-state index is 0.718. The predicted octanol–water partition coefficient (Wildman–Crippen LogP) is 2.52. The Kier molecular flexibility index (Phi) is 4.99. The van der Waals surface area contributed by atoms with Gasteiger partial charge in [-0.25, -0.2) is 4.98 Å². The minimum Gasteiger partial charge on any atom is -0.353 e. The van der Waals surface area contributed by atoms with Gasteiger partial charge in [0.05, 0.1) is 5.02 Å². The van der Waals surface area contributed by atoms with Gasteiger partial charge in [-0.05, 0) is 37.4 Å². The molecule has 1 aromatic rings. The third-order valence-corrected chi connectivity index (χ3v) is 4.54. The summed E-state index contributed by atoms with van der Waals surface area (Å²) in [6.45, 7) is 8.56. The highest BCUT2D eigenvalue weighted by Gasteiger charge is 2.21. The molecule has 1 aliphatic carbocycles. The van der Waals surface area contributed by atoms with E-state index in [1.165, 1.54) is 31.4 Å². The summed E-state index contributed by atoms with van der Waals surface area (Å²) in [5.41, 5.74) is 1.18. The average Bonchev–Trinajstić information content (AvgIpc) is 3.31. The molecule has 1 aromatic heterocycles. The van der Waals surface area contributed by atoms with Gasteiger partial charge in [0.2, 0.25) is 0 Å². The van der Waals surface area contributed by atoms with Gasteiger partial charge in [0.25, 0.3) is 0 Å². The standard InChI is InChI=1S/C16H25ClN4/c1-2-5-20-6-8-21(9-7-20)16-15(17)10-13(12-19-16)11-18-14-3-4-14/h10,12,14,18H,2-9,11H2,1H3. The fraction of sp³-hybridized carbons (Fsp3) is 0.688. The summed E-state index contributed by atoms with van der Waals surface area (Å²) in [5, 5.41) is 4.29. The summed E-state index contributed by atoms with van der Waals surface area (Å²) in [4.78, 5) is 9.43. The highest BCUT2D eigenvalue weighted by molar-refractivity contribution is 6.33. The Bertz CT molecular complexity index is 467. The molecule has 5 heteroatoms. The minimum atomic E-state index is 0.718. The van der Waals surface area contributed by atoms with Crippen LogP contribution in [-0.2, 0) is 6.54 Å². The third-order valence-electron chi connectivity index (χ3n) is 4.26. The predicted molar refractivity (Wildman–Crippen MR) is 88.1 cm³/mol. The van der Waals surface area contributed by atoms with Gasteiger partial charge in [0.1, 0.15) is 5.82 Å². The van der Waals surface area contributed by atoms with Gasteiger partial charge in [-0.1, -0.05) is 18.5 Å². The highest BCUT2D eigenvalue weighted by atomic mass is 35.5. The second-order valence-corrected chi connectivity index (χ2v) is 6.54. The van der Waals surface area contributed by atoms with E-state index < -0.39 is 0 Å². The van der Waals surface area contributed by atoms with E-state index in [4.69, 9.17) is 11.6 Å². The number of halogens is 1. The van der Waals surface area contributed by atoms with Crippen LogP contribution in [0.1, 0.15) is 31.7 Å². The quantitative estimate of drug-likeness (QED) is 0.875. The Morgan fingerprint density at radius 2 is 2.05 bits per heavy atom. The molecule has 1 saturated carbocycles. The Hall–Kier alpha value is -0.840. The van der Waals surface area contributed by atoms with E-state index in [1.807, 2.05) is 6.20 Å². The maximum atomic E-state index is 6.45. The third kappa shape index (κ3) is 4.09. The maximum absolute atomic E-state index is 6.45. The van der Waals surface area contributed by atoms with Crippen molar-refractivity contribution >= 4 is 17.4 Å². The van der Waals surface area contributed by atoms with Crippen LogP contribution in [0.5, 0.6) is 0 Å². The van der Waals surface area contributed by atoms with Gasteiger partial charge in [-0.2, -0.15) is 0 Å². The van der Waals surface area contributed by atoms with Crippen molar-refractivity contribution in [1.29, 1.82) is 0 Å². The first-order valence-electron chi connectivity index (χ1n) is 8.11. The number of hydrogen-bond donors (Lipinski definition) is 1. The first kappa shape index (κ1) is 15.1. The number of rotatable bonds is 6. The first-order valence-corrected chi connectivity index (χ1v) is 8.49. The molecule has 2 aliphatic rings. The van der Waals surface area contributed by atoms with Gasteiger partial charge >= 0.3 is 0 Å². The molecule has 3 rings (SSSR count). The molecule has 0 spiro atoms. The van der Waals surface area contributed by atoms with Crippen molar-refractivity contribution in [2.45, 2.75) is 38.8 Å². The fourth-order valence-corrected chi connectivity index (χ4v) is 3.16. The molecular weight excluding hydrogens is 284 g/mol. The molecule has 2 heterocycles. The van der Waals surface area contributed by atoms with Crippen molar-refractivity contribution in [2.75, 3.05) is 37.6 Å². The summed E-state index contributed by atoms with van der Waals surface area (Å²) in [6, 6.07) is 2.78. The fourth-order valence-electron chi connectivity index (χ4n) is 2.85. The second kappa shape index (κ2) is 6.95. The van der Waals surface area contributed by atoms with Crippen LogP contribution in [0.3, 0.4) is 0 Å². The second-order valence-electron chi connectivity index (χ2n) is 6.13. The number of pyridine rings is 1. The van der Waals surface area contributed by atoms with Gasteiger partial charge in [0.15, 0.2) is 0 Å².